The quantitative estimate of drug-likeness (QED) is 0.698. The lowest BCUT2D eigenvalue weighted by Gasteiger charge is -2.23. The minimum atomic E-state index is -1.09. The fourth-order valence-corrected chi connectivity index (χ4v) is 2.56. The maximum atomic E-state index is 12.1. The number of hydrogen-bond acceptors (Lipinski definition) is 3. The Morgan fingerprint density at radius 3 is 2.38 bits per heavy atom. The molecule has 26 heavy (non-hydrogen) atoms. The van der Waals surface area contributed by atoms with Crippen LogP contribution < -0.4 is 10.6 Å². The molecule has 0 saturated carbocycles. The number of benzene rings is 2. The van der Waals surface area contributed by atoms with Crippen molar-refractivity contribution >= 4 is 17.5 Å². The molecule has 2 amide bonds. The Labute approximate surface area is 154 Å². The normalized spacial score (nSPS) is 12.9. The van der Waals surface area contributed by atoms with E-state index in [0.717, 1.165) is 16.7 Å². The first-order valence-electron chi connectivity index (χ1n) is 8.70. The van der Waals surface area contributed by atoms with E-state index >= 15 is 0 Å². The topological polar surface area (TPSA) is 78.4 Å². The summed E-state index contributed by atoms with van der Waals surface area (Å²) in [6.07, 6.45) is 1.17. The Morgan fingerprint density at radius 2 is 1.69 bits per heavy atom. The molecule has 0 fully saturated rings. The predicted molar refractivity (Wildman–Crippen MR) is 103 cm³/mol. The smallest absolute Gasteiger partial charge is 0.313 e. The van der Waals surface area contributed by atoms with Crippen LogP contribution in [0.5, 0.6) is 0 Å². The minimum absolute atomic E-state index is 0.0128. The molecule has 5 heteroatoms. The molecule has 0 aliphatic heterocycles. The van der Waals surface area contributed by atoms with E-state index in [1.165, 1.54) is 0 Å². The molecule has 0 saturated heterocycles. The van der Waals surface area contributed by atoms with Gasteiger partial charge in [0.15, 0.2) is 0 Å². The molecular formula is C21H26N2O3. The predicted octanol–water partition coefficient (Wildman–Crippen LogP) is 2.74. The highest BCUT2D eigenvalue weighted by Gasteiger charge is 2.23. The first-order valence-corrected chi connectivity index (χ1v) is 8.70. The van der Waals surface area contributed by atoms with Gasteiger partial charge in [0.2, 0.25) is 0 Å². The summed E-state index contributed by atoms with van der Waals surface area (Å²) in [6.45, 7) is 5.49. The lowest BCUT2D eigenvalue weighted by molar-refractivity contribution is -0.136. The zero-order valence-electron chi connectivity index (χ0n) is 15.5. The largest absolute Gasteiger partial charge is 0.388 e. The van der Waals surface area contributed by atoms with Gasteiger partial charge in [-0.1, -0.05) is 42.5 Å². The fourth-order valence-electron chi connectivity index (χ4n) is 2.56. The van der Waals surface area contributed by atoms with Gasteiger partial charge in [-0.15, -0.1) is 0 Å². The number of anilines is 1. The van der Waals surface area contributed by atoms with Crippen molar-refractivity contribution in [1.82, 2.24) is 5.32 Å². The molecule has 3 N–H and O–H groups in total. The number of carbonyl (C=O) groups is 2. The van der Waals surface area contributed by atoms with Crippen LogP contribution in [0, 0.1) is 13.8 Å². The summed E-state index contributed by atoms with van der Waals surface area (Å²) in [5.41, 5.74) is 2.59. The van der Waals surface area contributed by atoms with Crippen molar-refractivity contribution in [2.45, 2.75) is 39.2 Å². The zero-order valence-corrected chi connectivity index (χ0v) is 15.5. The Balaban J connectivity index is 1.84. The first-order chi connectivity index (χ1) is 12.3. The summed E-state index contributed by atoms with van der Waals surface area (Å²) in [5.74, 6) is -1.50. The summed E-state index contributed by atoms with van der Waals surface area (Å²) in [7, 11) is 0. The third kappa shape index (κ3) is 5.70. The number of aryl methyl sites for hydroxylation is 2. The lowest BCUT2D eigenvalue weighted by Crippen LogP contribution is -2.44. The molecule has 0 heterocycles. The standard InChI is InChI=1S/C21H26N2O3/c1-15-8-7-11-18(16(15)2)23-20(25)19(24)22-14-21(3,26)13-12-17-9-5-4-6-10-17/h4-11,26H,12-14H2,1-3H3,(H,22,24)(H,23,25). The van der Waals surface area contributed by atoms with Crippen molar-refractivity contribution in [1.29, 1.82) is 0 Å². The molecule has 2 aromatic rings. The summed E-state index contributed by atoms with van der Waals surface area (Å²) in [5, 5.41) is 15.6. The van der Waals surface area contributed by atoms with E-state index in [1.807, 2.05) is 56.3 Å². The van der Waals surface area contributed by atoms with E-state index in [2.05, 4.69) is 10.6 Å². The maximum Gasteiger partial charge on any atom is 0.313 e. The molecule has 138 valence electrons. The Kier molecular flexibility index (Phi) is 6.52. The van der Waals surface area contributed by atoms with Crippen LogP contribution in [0.25, 0.3) is 0 Å². The number of hydrogen-bond donors (Lipinski definition) is 3. The second-order valence-corrected chi connectivity index (χ2v) is 6.87. The van der Waals surface area contributed by atoms with Gasteiger partial charge in [-0.2, -0.15) is 0 Å². The van der Waals surface area contributed by atoms with Gasteiger partial charge in [-0.05, 0) is 56.4 Å². The molecule has 0 aliphatic carbocycles. The number of nitrogens with one attached hydrogen (secondary N) is 2. The van der Waals surface area contributed by atoms with Gasteiger partial charge in [0.25, 0.3) is 0 Å². The van der Waals surface area contributed by atoms with E-state index in [4.69, 9.17) is 0 Å². The van der Waals surface area contributed by atoms with Gasteiger partial charge in [-0.3, -0.25) is 9.59 Å². The summed E-state index contributed by atoms with van der Waals surface area (Å²) in [4.78, 5) is 24.1. The van der Waals surface area contributed by atoms with Crippen molar-refractivity contribution in [2.24, 2.45) is 0 Å². The van der Waals surface area contributed by atoms with E-state index in [9.17, 15) is 14.7 Å². The van der Waals surface area contributed by atoms with Crippen molar-refractivity contribution in [3.05, 3.63) is 65.2 Å². The van der Waals surface area contributed by atoms with Crippen LogP contribution in [0.2, 0.25) is 0 Å². The molecule has 1 atom stereocenters. The third-order valence-corrected chi connectivity index (χ3v) is 4.48. The van der Waals surface area contributed by atoms with Crippen LogP contribution in [-0.2, 0) is 16.0 Å². The molecule has 1 unspecified atom stereocenters. The van der Waals surface area contributed by atoms with E-state index in [-0.39, 0.29) is 6.54 Å². The maximum absolute atomic E-state index is 12.1. The molecule has 5 nitrogen and oxygen atoms in total. The molecule has 0 bridgehead atoms. The molecular weight excluding hydrogens is 328 g/mol. The van der Waals surface area contributed by atoms with Crippen LogP contribution in [0.1, 0.15) is 30.0 Å². The summed E-state index contributed by atoms with van der Waals surface area (Å²) in [6, 6.07) is 15.3. The van der Waals surface area contributed by atoms with Crippen LogP contribution in [-0.4, -0.2) is 29.1 Å². The van der Waals surface area contributed by atoms with Crippen LogP contribution in [0.3, 0.4) is 0 Å². The Bertz CT molecular complexity index is 770. The first kappa shape index (κ1) is 19.7. The highest BCUT2D eigenvalue weighted by Crippen LogP contribution is 2.18. The number of carbonyl (C=O) groups excluding carboxylic acids is 2. The fraction of sp³-hybridized carbons (Fsp3) is 0.333. The lowest BCUT2D eigenvalue weighted by atomic mass is 9.97. The number of aliphatic hydroxyl groups is 1. The van der Waals surface area contributed by atoms with Gasteiger partial charge in [0, 0.05) is 12.2 Å². The van der Waals surface area contributed by atoms with Crippen molar-refractivity contribution < 1.29 is 14.7 Å². The van der Waals surface area contributed by atoms with Crippen LogP contribution in [0.15, 0.2) is 48.5 Å². The Hall–Kier alpha value is -2.66. The van der Waals surface area contributed by atoms with Crippen molar-refractivity contribution in [3.8, 4) is 0 Å². The highest BCUT2D eigenvalue weighted by atomic mass is 16.3. The summed E-state index contributed by atoms with van der Waals surface area (Å²) < 4.78 is 0. The monoisotopic (exact) mass is 354 g/mol. The van der Waals surface area contributed by atoms with Gasteiger partial charge in [-0.25, -0.2) is 0 Å². The molecule has 0 spiro atoms. The van der Waals surface area contributed by atoms with E-state index in [1.54, 1.807) is 13.0 Å². The number of amides is 2. The summed E-state index contributed by atoms with van der Waals surface area (Å²) >= 11 is 0. The second-order valence-electron chi connectivity index (χ2n) is 6.87. The average molecular weight is 354 g/mol. The van der Waals surface area contributed by atoms with Crippen LogP contribution in [0.4, 0.5) is 5.69 Å². The van der Waals surface area contributed by atoms with Gasteiger partial charge in [0.05, 0.1) is 5.60 Å². The van der Waals surface area contributed by atoms with E-state index in [0.29, 0.717) is 18.5 Å². The molecule has 0 aliphatic rings. The average Bonchev–Trinajstić information content (AvgIpc) is 2.63. The van der Waals surface area contributed by atoms with Gasteiger partial charge >= 0.3 is 11.8 Å². The second kappa shape index (κ2) is 8.63. The van der Waals surface area contributed by atoms with Crippen molar-refractivity contribution in [3.63, 3.8) is 0 Å². The highest BCUT2D eigenvalue weighted by molar-refractivity contribution is 6.39. The van der Waals surface area contributed by atoms with Crippen molar-refractivity contribution in [2.75, 3.05) is 11.9 Å². The van der Waals surface area contributed by atoms with Crippen LogP contribution >= 0.6 is 0 Å². The SMILES string of the molecule is Cc1cccc(NC(=O)C(=O)NCC(C)(O)CCc2ccccc2)c1C. The van der Waals surface area contributed by atoms with E-state index < -0.39 is 17.4 Å². The van der Waals surface area contributed by atoms with Gasteiger partial charge < -0.3 is 15.7 Å². The number of rotatable bonds is 6. The minimum Gasteiger partial charge on any atom is -0.388 e. The molecule has 0 radical (unpaired) electrons. The zero-order chi connectivity index (χ0) is 19.2. The molecule has 0 aromatic heterocycles. The Morgan fingerprint density at radius 1 is 1.00 bits per heavy atom. The van der Waals surface area contributed by atoms with Gasteiger partial charge in [0.1, 0.15) is 0 Å². The molecule has 2 aromatic carbocycles. The third-order valence-electron chi connectivity index (χ3n) is 4.48. The molecule has 2 rings (SSSR count).